The Labute approximate surface area is 128 Å². The summed E-state index contributed by atoms with van der Waals surface area (Å²) in [5, 5.41) is 0. The molecule has 0 spiro atoms. The fourth-order valence-corrected chi connectivity index (χ4v) is 3.27. The molecule has 1 aromatic carbocycles. The summed E-state index contributed by atoms with van der Waals surface area (Å²) >= 11 is 0. The zero-order chi connectivity index (χ0) is 16.5. The third kappa shape index (κ3) is 4.23. The van der Waals surface area contributed by atoms with Crippen molar-refractivity contribution in [2.45, 2.75) is 19.4 Å². The van der Waals surface area contributed by atoms with Crippen LogP contribution in [0.2, 0.25) is 0 Å². The van der Waals surface area contributed by atoms with Gasteiger partial charge in [0.25, 0.3) is 0 Å². The van der Waals surface area contributed by atoms with Crippen LogP contribution >= 0.6 is 0 Å². The first kappa shape index (κ1) is 16.8. The fourth-order valence-electron chi connectivity index (χ4n) is 2.52. The van der Waals surface area contributed by atoms with E-state index in [1.807, 2.05) is 0 Å². The Morgan fingerprint density at radius 1 is 1.41 bits per heavy atom. The van der Waals surface area contributed by atoms with Crippen molar-refractivity contribution < 1.29 is 22.0 Å². The Hall–Kier alpha value is -1.54. The lowest BCUT2D eigenvalue weighted by atomic mass is 9.91. The Bertz CT molecular complexity index is 673. The van der Waals surface area contributed by atoms with Crippen molar-refractivity contribution in [3.05, 3.63) is 35.4 Å². The maximum Gasteiger partial charge on any atom is 0.240 e. The zero-order valence-electron chi connectivity index (χ0n) is 12.3. The number of hydrogen-bond acceptors (Lipinski definition) is 3. The van der Waals surface area contributed by atoms with Gasteiger partial charge in [-0.3, -0.25) is 4.79 Å². The van der Waals surface area contributed by atoms with E-state index in [2.05, 4.69) is 4.72 Å². The van der Waals surface area contributed by atoms with Crippen molar-refractivity contribution in [2.75, 3.05) is 19.3 Å². The number of nitrogens with zero attached hydrogens (tertiary/aromatic N) is 1. The minimum absolute atomic E-state index is 0.0920. The molecule has 1 aliphatic rings. The molecule has 1 atom stereocenters. The van der Waals surface area contributed by atoms with Gasteiger partial charge in [0.15, 0.2) is 0 Å². The van der Waals surface area contributed by atoms with Gasteiger partial charge in [-0.1, -0.05) is 6.07 Å². The Kier molecular flexibility index (Phi) is 4.81. The van der Waals surface area contributed by atoms with E-state index in [1.165, 1.54) is 24.0 Å². The van der Waals surface area contributed by atoms with Crippen molar-refractivity contribution in [1.82, 2.24) is 9.62 Å². The van der Waals surface area contributed by atoms with E-state index in [-0.39, 0.29) is 11.8 Å². The molecule has 0 bridgehead atoms. The summed E-state index contributed by atoms with van der Waals surface area (Å²) in [4.78, 5) is 13.5. The van der Waals surface area contributed by atoms with Gasteiger partial charge in [0.05, 0.1) is 12.3 Å². The van der Waals surface area contributed by atoms with Crippen molar-refractivity contribution in [3.63, 3.8) is 0 Å². The molecule has 1 saturated heterocycles. The minimum Gasteiger partial charge on any atom is -0.341 e. The quantitative estimate of drug-likeness (QED) is 0.871. The first-order valence-corrected chi connectivity index (χ1v) is 8.75. The highest BCUT2D eigenvalue weighted by Crippen LogP contribution is 2.23. The lowest BCUT2D eigenvalue weighted by Crippen LogP contribution is -2.56. The molecule has 1 fully saturated rings. The lowest BCUT2D eigenvalue weighted by molar-refractivity contribution is -0.138. The summed E-state index contributed by atoms with van der Waals surface area (Å²) in [6, 6.07) is 2.63. The normalized spacial score (nSPS) is 17.2. The van der Waals surface area contributed by atoms with Gasteiger partial charge in [-0.15, -0.1) is 0 Å². The Morgan fingerprint density at radius 3 is 2.59 bits per heavy atom. The summed E-state index contributed by atoms with van der Waals surface area (Å²) in [5.74, 6) is -1.42. The number of likely N-dealkylation sites (tertiary alicyclic amines) is 1. The van der Waals surface area contributed by atoms with Crippen LogP contribution in [0.3, 0.4) is 0 Å². The first-order chi connectivity index (χ1) is 10.2. The number of carbonyl (C=O) groups excluding carboxylic acids is 1. The van der Waals surface area contributed by atoms with Gasteiger partial charge in [-0.25, -0.2) is 21.9 Å². The van der Waals surface area contributed by atoms with Crippen LogP contribution in [0.5, 0.6) is 0 Å². The molecule has 1 heterocycles. The first-order valence-electron chi connectivity index (χ1n) is 6.85. The molecule has 1 N–H and O–H groups in total. The summed E-state index contributed by atoms with van der Waals surface area (Å²) in [7, 11) is -3.44. The molecule has 0 radical (unpaired) electrons. The molecular formula is C14H18F2N2O3S. The average molecular weight is 332 g/mol. The molecule has 122 valence electrons. The standard InChI is InChI=1S/C14H18F2N2O3S/c1-9(17-22(2,20)21)14(19)18-7-10(8-18)5-11-3-4-12(15)6-13(11)16/h3-4,6,9-10,17H,5,7-8H2,1-2H3. The molecule has 1 amide bonds. The van der Waals surface area contributed by atoms with Crippen molar-refractivity contribution in [1.29, 1.82) is 0 Å². The minimum atomic E-state index is -3.44. The van der Waals surface area contributed by atoms with Crippen LogP contribution in [0, 0.1) is 17.6 Å². The van der Waals surface area contributed by atoms with E-state index in [0.29, 0.717) is 25.1 Å². The molecule has 0 saturated carbocycles. The molecule has 2 rings (SSSR count). The number of sulfonamides is 1. The molecule has 0 aliphatic carbocycles. The second-order valence-corrected chi connectivity index (χ2v) is 7.44. The van der Waals surface area contributed by atoms with E-state index in [0.717, 1.165) is 12.3 Å². The molecule has 8 heteroatoms. The third-order valence-corrected chi connectivity index (χ3v) is 4.34. The van der Waals surface area contributed by atoms with Crippen LogP contribution in [0.25, 0.3) is 0 Å². The Morgan fingerprint density at radius 2 is 2.05 bits per heavy atom. The Balaban J connectivity index is 1.86. The summed E-state index contributed by atoms with van der Waals surface area (Å²) in [6.45, 7) is 2.35. The lowest BCUT2D eigenvalue weighted by Gasteiger charge is -2.40. The molecule has 1 aromatic rings. The SMILES string of the molecule is CC(NS(C)(=O)=O)C(=O)N1CC(Cc2ccc(F)cc2F)C1. The number of halogens is 2. The second-order valence-electron chi connectivity index (χ2n) is 5.66. The van der Waals surface area contributed by atoms with Gasteiger partial charge in [0, 0.05) is 19.2 Å². The van der Waals surface area contributed by atoms with Crippen molar-refractivity contribution >= 4 is 15.9 Å². The topological polar surface area (TPSA) is 66.5 Å². The third-order valence-electron chi connectivity index (χ3n) is 3.55. The van der Waals surface area contributed by atoms with E-state index in [9.17, 15) is 22.0 Å². The number of rotatable bonds is 5. The molecule has 1 unspecified atom stereocenters. The van der Waals surface area contributed by atoms with Crippen LogP contribution in [0.4, 0.5) is 8.78 Å². The number of carbonyl (C=O) groups is 1. The van der Waals surface area contributed by atoms with Crippen molar-refractivity contribution in [2.24, 2.45) is 5.92 Å². The van der Waals surface area contributed by atoms with Crippen LogP contribution in [-0.2, 0) is 21.2 Å². The van der Waals surface area contributed by atoms with Crippen LogP contribution in [-0.4, -0.2) is 44.6 Å². The summed E-state index contributed by atoms with van der Waals surface area (Å²) in [5.41, 5.74) is 0.417. The van der Waals surface area contributed by atoms with Gasteiger partial charge in [-0.2, -0.15) is 0 Å². The number of nitrogens with one attached hydrogen (secondary N) is 1. The smallest absolute Gasteiger partial charge is 0.240 e. The molecule has 5 nitrogen and oxygen atoms in total. The summed E-state index contributed by atoms with van der Waals surface area (Å²) < 4.78 is 50.8. The molecular weight excluding hydrogens is 314 g/mol. The summed E-state index contributed by atoms with van der Waals surface area (Å²) in [6.07, 6.45) is 1.41. The highest BCUT2D eigenvalue weighted by Gasteiger charge is 2.34. The van der Waals surface area contributed by atoms with Crippen molar-refractivity contribution in [3.8, 4) is 0 Å². The van der Waals surface area contributed by atoms with E-state index < -0.39 is 27.7 Å². The van der Waals surface area contributed by atoms with E-state index >= 15 is 0 Å². The molecule has 22 heavy (non-hydrogen) atoms. The van der Waals surface area contributed by atoms with Gasteiger partial charge >= 0.3 is 0 Å². The number of amides is 1. The number of benzene rings is 1. The monoisotopic (exact) mass is 332 g/mol. The molecule has 1 aliphatic heterocycles. The van der Waals surface area contributed by atoms with E-state index in [4.69, 9.17) is 0 Å². The maximum atomic E-state index is 13.5. The van der Waals surface area contributed by atoms with Gasteiger partial charge < -0.3 is 4.90 Å². The largest absolute Gasteiger partial charge is 0.341 e. The van der Waals surface area contributed by atoms with Gasteiger partial charge in [-0.05, 0) is 30.9 Å². The van der Waals surface area contributed by atoms with Crippen LogP contribution < -0.4 is 4.72 Å². The van der Waals surface area contributed by atoms with Crippen LogP contribution in [0.15, 0.2) is 18.2 Å². The predicted octanol–water partition coefficient (Wildman–Crippen LogP) is 0.903. The van der Waals surface area contributed by atoms with Crippen LogP contribution in [0.1, 0.15) is 12.5 Å². The number of hydrogen-bond donors (Lipinski definition) is 1. The van der Waals surface area contributed by atoms with Gasteiger partial charge in [0.1, 0.15) is 11.6 Å². The van der Waals surface area contributed by atoms with E-state index in [1.54, 1.807) is 0 Å². The zero-order valence-corrected chi connectivity index (χ0v) is 13.2. The van der Waals surface area contributed by atoms with Gasteiger partial charge in [0.2, 0.25) is 15.9 Å². The predicted molar refractivity (Wildman–Crippen MR) is 77.6 cm³/mol. The average Bonchev–Trinajstić information content (AvgIpc) is 2.32. The maximum absolute atomic E-state index is 13.5. The fraction of sp³-hybridized carbons (Fsp3) is 0.500. The molecule has 0 aromatic heterocycles. The highest BCUT2D eigenvalue weighted by atomic mass is 32.2. The highest BCUT2D eigenvalue weighted by molar-refractivity contribution is 7.88. The second kappa shape index (κ2) is 6.29.